The zero-order chi connectivity index (χ0) is 5.11. The van der Waals surface area contributed by atoms with Gasteiger partial charge in [-0.2, -0.15) is 5.26 Å². The molecule has 0 unspecified atom stereocenters. The fraction of sp³-hybridized carbons (Fsp3) is 0. The molecule has 0 aromatic rings. The molecular formula is C4H4N3. The molecule has 0 saturated carbocycles. The van der Waals surface area contributed by atoms with Crippen molar-refractivity contribution < 1.29 is 0 Å². The molecule has 1 rings (SSSR count). The Hall–Kier alpha value is -1.01. The van der Waals surface area contributed by atoms with Gasteiger partial charge in [0.15, 0.2) is 0 Å². The third-order valence-electron chi connectivity index (χ3n) is 0.668. The molecule has 0 bridgehead atoms. The Labute approximate surface area is 41.6 Å². The quantitative estimate of drug-likeness (QED) is 0.432. The van der Waals surface area contributed by atoms with Gasteiger partial charge in [-0.1, -0.05) is 0 Å². The van der Waals surface area contributed by atoms with Gasteiger partial charge in [0.05, 0.1) is 18.2 Å². The molecule has 0 amide bonds. The molecule has 0 saturated heterocycles. The molecule has 2 N–H and O–H groups in total. The standard InChI is InChI=1S/C4H4N3/c5-1-4-2-6-7-3-4/h2-3,6-7H. The van der Waals surface area contributed by atoms with Gasteiger partial charge in [0.25, 0.3) is 0 Å². The fourth-order valence-electron chi connectivity index (χ4n) is 0.345. The summed E-state index contributed by atoms with van der Waals surface area (Å²) in [6.45, 7) is 1.60. The lowest BCUT2D eigenvalue weighted by Crippen LogP contribution is -2.16. The van der Waals surface area contributed by atoms with E-state index in [1.165, 1.54) is 0 Å². The molecule has 35 valence electrons. The topological polar surface area (TPSA) is 47.9 Å². The summed E-state index contributed by atoms with van der Waals surface area (Å²) in [5.74, 6) is 0. The number of nitrogens with zero attached hydrogens (tertiary/aromatic N) is 1. The van der Waals surface area contributed by atoms with E-state index in [1.807, 2.05) is 6.07 Å². The van der Waals surface area contributed by atoms with Crippen molar-refractivity contribution in [2.24, 2.45) is 0 Å². The smallest absolute Gasteiger partial charge is 0.0981 e. The van der Waals surface area contributed by atoms with Crippen molar-refractivity contribution >= 4 is 0 Å². The number of nitrogens with one attached hydrogen (secondary N) is 2. The number of hydrazine groups is 1. The van der Waals surface area contributed by atoms with E-state index in [1.54, 1.807) is 12.7 Å². The lowest BCUT2D eigenvalue weighted by Gasteiger charge is -1.83. The summed E-state index contributed by atoms with van der Waals surface area (Å²) in [4.78, 5) is 0. The molecule has 0 spiro atoms. The highest BCUT2D eigenvalue weighted by Crippen LogP contribution is 1.94. The van der Waals surface area contributed by atoms with Crippen molar-refractivity contribution in [2.45, 2.75) is 0 Å². The van der Waals surface area contributed by atoms with Gasteiger partial charge in [0.2, 0.25) is 0 Å². The minimum atomic E-state index is 0.625. The summed E-state index contributed by atoms with van der Waals surface area (Å²) < 4.78 is 0. The predicted molar refractivity (Wildman–Crippen MR) is 24.3 cm³/mol. The Morgan fingerprint density at radius 3 is 2.71 bits per heavy atom. The third kappa shape index (κ3) is 0.699. The van der Waals surface area contributed by atoms with Crippen molar-refractivity contribution in [3.05, 3.63) is 18.3 Å². The van der Waals surface area contributed by atoms with Crippen LogP contribution in [0.5, 0.6) is 0 Å². The van der Waals surface area contributed by atoms with Crippen molar-refractivity contribution in [3.63, 3.8) is 0 Å². The minimum Gasteiger partial charge on any atom is -0.327 e. The molecular weight excluding hydrogens is 90.1 g/mol. The number of nitriles is 1. The van der Waals surface area contributed by atoms with Crippen LogP contribution < -0.4 is 10.9 Å². The van der Waals surface area contributed by atoms with E-state index >= 15 is 0 Å². The van der Waals surface area contributed by atoms with Gasteiger partial charge in [-0.05, 0) is 0 Å². The Morgan fingerprint density at radius 2 is 2.43 bits per heavy atom. The normalized spacial score (nSPS) is 17.3. The van der Waals surface area contributed by atoms with Gasteiger partial charge in [0.1, 0.15) is 0 Å². The molecule has 0 fully saturated rings. The molecule has 7 heavy (non-hydrogen) atoms. The monoisotopic (exact) mass is 94.0 g/mol. The second-order valence-electron chi connectivity index (χ2n) is 1.14. The van der Waals surface area contributed by atoms with E-state index < -0.39 is 0 Å². The lowest BCUT2D eigenvalue weighted by atomic mass is 10.3. The van der Waals surface area contributed by atoms with Crippen LogP contribution >= 0.6 is 0 Å². The zero-order valence-corrected chi connectivity index (χ0v) is 3.60. The van der Waals surface area contributed by atoms with Crippen LogP contribution in [0, 0.1) is 17.9 Å². The number of rotatable bonds is 0. The zero-order valence-electron chi connectivity index (χ0n) is 3.60. The van der Waals surface area contributed by atoms with E-state index in [0.29, 0.717) is 5.57 Å². The highest BCUT2D eigenvalue weighted by Gasteiger charge is 1.98. The van der Waals surface area contributed by atoms with Gasteiger partial charge in [-0.3, -0.25) is 0 Å². The molecule has 1 radical (unpaired) electrons. The number of hydrogen-bond donors (Lipinski definition) is 2. The van der Waals surface area contributed by atoms with Crippen LogP contribution in [0.3, 0.4) is 0 Å². The molecule has 3 heteroatoms. The maximum atomic E-state index is 8.14. The number of hydrogen-bond acceptors (Lipinski definition) is 3. The largest absolute Gasteiger partial charge is 0.327 e. The summed E-state index contributed by atoms with van der Waals surface area (Å²) in [5.41, 5.74) is 5.89. The molecule has 0 atom stereocenters. The Kier molecular flexibility index (Phi) is 0.966. The average molecular weight is 94.1 g/mol. The highest BCUT2D eigenvalue weighted by molar-refractivity contribution is 5.29. The van der Waals surface area contributed by atoms with E-state index in [-0.39, 0.29) is 0 Å². The molecule has 3 nitrogen and oxygen atoms in total. The molecule has 1 aliphatic rings. The van der Waals surface area contributed by atoms with Crippen molar-refractivity contribution in [3.8, 4) is 6.07 Å². The van der Waals surface area contributed by atoms with Crippen LogP contribution in [-0.2, 0) is 0 Å². The van der Waals surface area contributed by atoms with E-state index in [4.69, 9.17) is 5.26 Å². The lowest BCUT2D eigenvalue weighted by molar-refractivity contribution is 0.780. The van der Waals surface area contributed by atoms with E-state index in [9.17, 15) is 0 Å². The minimum absolute atomic E-state index is 0.625. The molecule has 0 aromatic heterocycles. The van der Waals surface area contributed by atoms with Gasteiger partial charge in [-0.15, -0.1) is 0 Å². The van der Waals surface area contributed by atoms with Crippen LogP contribution in [0.1, 0.15) is 0 Å². The Bertz CT molecular complexity index is 130. The van der Waals surface area contributed by atoms with Crippen LogP contribution in [0.4, 0.5) is 0 Å². The first kappa shape index (κ1) is 4.16. The second kappa shape index (κ2) is 1.63. The summed E-state index contributed by atoms with van der Waals surface area (Å²) in [6, 6.07) is 1.94. The van der Waals surface area contributed by atoms with E-state index in [0.717, 1.165) is 0 Å². The first-order valence-corrected chi connectivity index (χ1v) is 1.88. The highest BCUT2D eigenvalue weighted by atomic mass is 15.4. The summed E-state index contributed by atoms with van der Waals surface area (Å²) in [5, 5.41) is 8.14. The van der Waals surface area contributed by atoms with Crippen molar-refractivity contribution in [1.82, 2.24) is 10.9 Å². The summed E-state index contributed by atoms with van der Waals surface area (Å²) in [7, 11) is 0. The maximum Gasteiger partial charge on any atom is 0.0981 e. The van der Waals surface area contributed by atoms with Gasteiger partial charge < -0.3 is 5.43 Å². The molecule has 1 aliphatic heterocycles. The SMILES string of the molecule is N#CC1=CNN[CH]1. The van der Waals surface area contributed by atoms with Crippen LogP contribution in [0.25, 0.3) is 0 Å². The first-order valence-electron chi connectivity index (χ1n) is 1.88. The van der Waals surface area contributed by atoms with E-state index in [2.05, 4.69) is 10.9 Å². The second-order valence-corrected chi connectivity index (χ2v) is 1.14. The predicted octanol–water partition coefficient (Wildman–Crippen LogP) is -0.337. The van der Waals surface area contributed by atoms with Crippen molar-refractivity contribution in [2.75, 3.05) is 0 Å². The Balaban J connectivity index is 2.57. The Morgan fingerprint density at radius 1 is 1.57 bits per heavy atom. The van der Waals surface area contributed by atoms with Gasteiger partial charge in [0, 0.05) is 6.20 Å². The molecule has 0 aromatic carbocycles. The third-order valence-corrected chi connectivity index (χ3v) is 0.668. The van der Waals surface area contributed by atoms with Crippen LogP contribution in [0.15, 0.2) is 11.8 Å². The fourth-order valence-corrected chi connectivity index (χ4v) is 0.345. The van der Waals surface area contributed by atoms with Gasteiger partial charge >= 0.3 is 0 Å². The molecule has 0 aliphatic carbocycles. The summed E-state index contributed by atoms with van der Waals surface area (Å²) in [6.07, 6.45) is 1.60. The van der Waals surface area contributed by atoms with Crippen LogP contribution in [0.2, 0.25) is 0 Å². The van der Waals surface area contributed by atoms with Crippen LogP contribution in [-0.4, -0.2) is 0 Å². The van der Waals surface area contributed by atoms with Crippen molar-refractivity contribution in [1.29, 1.82) is 5.26 Å². The van der Waals surface area contributed by atoms with Gasteiger partial charge in [-0.25, -0.2) is 5.43 Å². The maximum absolute atomic E-state index is 8.14. The summed E-state index contributed by atoms with van der Waals surface area (Å²) >= 11 is 0. The first-order chi connectivity index (χ1) is 3.43. The average Bonchev–Trinajstić information content (AvgIpc) is 2.14. The molecule has 1 heterocycles.